The molecule has 7 heteroatoms. The summed E-state index contributed by atoms with van der Waals surface area (Å²) in [7, 11) is 0. The Bertz CT molecular complexity index is 492. The molecule has 3 N–H and O–H groups in total. The lowest BCUT2D eigenvalue weighted by atomic mass is 10.2. The molecule has 1 heterocycles. The van der Waals surface area contributed by atoms with Gasteiger partial charge in [-0.3, -0.25) is 4.90 Å². The summed E-state index contributed by atoms with van der Waals surface area (Å²) in [5, 5.41) is 2.99. The van der Waals surface area contributed by atoms with Gasteiger partial charge < -0.3 is 20.5 Å². The van der Waals surface area contributed by atoms with Gasteiger partial charge in [0, 0.05) is 5.69 Å². The van der Waals surface area contributed by atoms with Gasteiger partial charge in [-0.25, -0.2) is 4.79 Å². The second-order valence-corrected chi connectivity index (χ2v) is 4.73. The van der Waals surface area contributed by atoms with Gasteiger partial charge >= 0.3 is 6.09 Å². The van der Waals surface area contributed by atoms with E-state index in [1.165, 1.54) is 0 Å². The molecule has 1 aliphatic rings. The first kappa shape index (κ1) is 14.4. The predicted octanol–water partition coefficient (Wildman–Crippen LogP) is 1.24. The molecule has 20 heavy (non-hydrogen) atoms. The molecule has 0 spiro atoms. The van der Waals surface area contributed by atoms with Gasteiger partial charge in [-0.05, 0) is 43.4 Å². The van der Waals surface area contributed by atoms with Crippen LogP contribution in [0, 0.1) is 0 Å². The Labute approximate surface area is 122 Å². The molecular formula is C13H17N3O3S. The summed E-state index contributed by atoms with van der Waals surface area (Å²) < 4.78 is 10.6. The summed E-state index contributed by atoms with van der Waals surface area (Å²) in [6.07, 6.45) is -0.639. The number of hydrogen-bond donors (Lipinski definition) is 2. The molecule has 108 valence electrons. The maximum atomic E-state index is 11.8. The van der Waals surface area contributed by atoms with Crippen molar-refractivity contribution in [3.8, 4) is 5.75 Å². The normalized spacial score (nSPS) is 17.8. The number of anilines is 1. The van der Waals surface area contributed by atoms with E-state index in [2.05, 4.69) is 5.32 Å². The van der Waals surface area contributed by atoms with E-state index in [-0.39, 0.29) is 17.3 Å². The van der Waals surface area contributed by atoms with Crippen molar-refractivity contribution in [1.82, 2.24) is 5.32 Å². The SMILES string of the molecule is CCOc1ccc(N2C[C@H](CNC(N)=S)OC2=O)cc1. The zero-order chi connectivity index (χ0) is 14.5. The van der Waals surface area contributed by atoms with E-state index < -0.39 is 0 Å². The molecule has 0 bridgehead atoms. The fraction of sp³-hybridized carbons (Fsp3) is 0.385. The van der Waals surface area contributed by atoms with Crippen molar-refractivity contribution >= 4 is 29.1 Å². The second kappa shape index (κ2) is 6.42. The summed E-state index contributed by atoms with van der Waals surface area (Å²) in [5.41, 5.74) is 6.12. The molecule has 1 amide bonds. The number of cyclic esters (lactones) is 1. The summed E-state index contributed by atoms with van der Waals surface area (Å²) in [6, 6.07) is 7.31. The molecular weight excluding hydrogens is 278 g/mol. The van der Waals surface area contributed by atoms with E-state index in [4.69, 9.17) is 27.4 Å². The molecule has 1 aromatic rings. The molecule has 1 atom stereocenters. The zero-order valence-corrected chi connectivity index (χ0v) is 12.0. The van der Waals surface area contributed by atoms with Crippen LogP contribution in [0.1, 0.15) is 6.92 Å². The highest BCUT2D eigenvalue weighted by Gasteiger charge is 2.32. The molecule has 0 aromatic heterocycles. The molecule has 0 aliphatic carbocycles. The largest absolute Gasteiger partial charge is 0.494 e. The Hall–Kier alpha value is -2.02. The first-order valence-electron chi connectivity index (χ1n) is 6.34. The van der Waals surface area contributed by atoms with E-state index in [1.807, 2.05) is 31.2 Å². The number of amides is 1. The molecule has 1 fully saturated rings. The summed E-state index contributed by atoms with van der Waals surface area (Å²) in [6.45, 7) is 3.40. The number of thiocarbonyl (C=S) groups is 1. The second-order valence-electron chi connectivity index (χ2n) is 4.29. The first-order valence-corrected chi connectivity index (χ1v) is 6.75. The van der Waals surface area contributed by atoms with Crippen molar-refractivity contribution in [3.05, 3.63) is 24.3 Å². The van der Waals surface area contributed by atoms with Gasteiger partial charge in [0.1, 0.15) is 11.9 Å². The van der Waals surface area contributed by atoms with E-state index in [9.17, 15) is 4.79 Å². The van der Waals surface area contributed by atoms with Crippen LogP contribution in [0.3, 0.4) is 0 Å². The van der Waals surface area contributed by atoms with Crippen molar-refractivity contribution in [2.24, 2.45) is 5.73 Å². The third kappa shape index (κ3) is 3.51. The molecule has 6 nitrogen and oxygen atoms in total. The number of nitrogens with one attached hydrogen (secondary N) is 1. The minimum atomic E-state index is -0.371. The average molecular weight is 295 g/mol. The van der Waals surface area contributed by atoms with E-state index in [0.29, 0.717) is 19.7 Å². The smallest absolute Gasteiger partial charge is 0.414 e. The third-order valence-electron chi connectivity index (χ3n) is 2.84. The minimum Gasteiger partial charge on any atom is -0.494 e. The Morgan fingerprint density at radius 2 is 2.25 bits per heavy atom. The standard InChI is InChI=1S/C13H17N3O3S/c1-2-18-10-5-3-9(4-6-10)16-8-11(19-13(16)17)7-15-12(14)20/h3-6,11H,2,7-8H2,1H3,(H3,14,15,20)/t11-/m0/s1. The molecule has 0 saturated carbocycles. The van der Waals surface area contributed by atoms with E-state index >= 15 is 0 Å². The number of nitrogens with zero attached hydrogens (tertiary/aromatic N) is 1. The number of carbonyl (C=O) groups is 1. The van der Waals surface area contributed by atoms with Crippen LogP contribution in [0.4, 0.5) is 10.5 Å². The Morgan fingerprint density at radius 1 is 1.55 bits per heavy atom. The molecule has 2 rings (SSSR count). The van der Waals surface area contributed by atoms with Crippen molar-refractivity contribution < 1.29 is 14.3 Å². The molecule has 1 saturated heterocycles. The summed E-state index contributed by atoms with van der Waals surface area (Å²) >= 11 is 4.72. The molecule has 0 unspecified atom stereocenters. The zero-order valence-electron chi connectivity index (χ0n) is 11.2. The monoisotopic (exact) mass is 295 g/mol. The molecule has 1 aromatic carbocycles. The Kier molecular flexibility index (Phi) is 4.62. The lowest BCUT2D eigenvalue weighted by Crippen LogP contribution is -2.37. The molecule has 0 radical (unpaired) electrons. The van der Waals surface area contributed by atoms with Gasteiger partial charge in [0.2, 0.25) is 0 Å². The Balaban J connectivity index is 1.98. The van der Waals surface area contributed by atoms with Crippen molar-refractivity contribution in [1.29, 1.82) is 0 Å². The first-order chi connectivity index (χ1) is 9.60. The van der Waals surface area contributed by atoms with Crippen LogP contribution in [-0.4, -0.2) is 37.0 Å². The summed E-state index contributed by atoms with van der Waals surface area (Å²) in [4.78, 5) is 13.4. The number of ether oxygens (including phenoxy) is 2. The number of benzene rings is 1. The summed E-state index contributed by atoms with van der Waals surface area (Å²) in [5.74, 6) is 0.774. The van der Waals surface area contributed by atoms with Gasteiger partial charge in [-0.1, -0.05) is 0 Å². The lowest BCUT2D eigenvalue weighted by molar-refractivity contribution is 0.143. The van der Waals surface area contributed by atoms with Crippen LogP contribution >= 0.6 is 12.2 Å². The molecule has 1 aliphatic heterocycles. The van der Waals surface area contributed by atoms with E-state index in [1.54, 1.807) is 4.90 Å². The van der Waals surface area contributed by atoms with Crippen LogP contribution in [0.5, 0.6) is 5.75 Å². The minimum absolute atomic E-state index is 0.195. The van der Waals surface area contributed by atoms with Crippen molar-refractivity contribution in [2.45, 2.75) is 13.0 Å². The van der Waals surface area contributed by atoms with E-state index in [0.717, 1.165) is 11.4 Å². The van der Waals surface area contributed by atoms with Gasteiger partial charge in [0.25, 0.3) is 0 Å². The van der Waals surface area contributed by atoms with Crippen LogP contribution in [-0.2, 0) is 4.74 Å². The van der Waals surface area contributed by atoms with Crippen molar-refractivity contribution in [2.75, 3.05) is 24.6 Å². The van der Waals surface area contributed by atoms with Gasteiger partial charge in [0.05, 0.1) is 19.7 Å². The van der Waals surface area contributed by atoms with Gasteiger partial charge in [0.15, 0.2) is 5.11 Å². The van der Waals surface area contributed by atoms with Gasteiger partial charge in [-0.2, -0.15) is 0 Å². The van der Waals surface area contributed by atoms with Crippen LogP contribution in [0.25, 0.3) is 0 Å². The number of rotatable bonds is 5. The highest BCUT2D eigenvalue weighted by Crippen LogP contribution is 2.24. The van der Waals surface area contributed by atoms with Crippen LogP contribution in [0.15, 0.2) is 24.3 Å². The highest BCUT2D eigenvalue weighted by atomic mass is 32.1. The van der Waals surface area contributed by atoms with Crippen molar-refractivity contribution in [3.63, 3.8) is 0 Å². The fourth-order valence-corrected chi connectivity index (χ4v) is 2.03. The number of nitrogens with two attached hydrogens (primary N) is 1. The number of hydrogen-bond acceptors (Lipinski definition) is 4. The lowest BCUT2D eigenvalue weighted by Gasteiger charge is -2.13. The highest BCUT2D eigenvalue weighted by molar-refractivity contribution is 7.80. The van der Waals surface area contributed by atoms with Gasteiger partial charge in [-0.15, -0.1) is 0 Å². The topological polar surface area (TPSA) is 76.8 Å². The average Bonchev–Trinajstić information content (AvgIpc) is 2.79. The maximum absolute atomic E-state index is 11.8. The number of carbonyl (C=O) groups excluding carboxylic acids is 1. The Morgan fingerprint density at radius 3 is 2.85 bits per heavy atom. The van der Waals surface area contributed by atoms with Crippen LogP contribution in [0.2, 0.25) is 0 Å². The quantitative estimate of drug-likeness (QED) is 0.796. The fourth-order valence-electron chi connectivity index (χ4n) is 1.94. The maximum Gasteiger partial charge on any atom is 0.414 e. The predicted molar refractivity (Wildman–Crippen MR) is 80.0 cm³/mol. The third-order valence-corrected chi connectivity index (χ3v) is 2.98. The van der Waals surface area contributed by atoms with Crippen LogP contribution < -0.4 is 20.7 Å².